The number of halogens is 3. The average Bonchev–Trinajstić information content (AvgIpc) is 2.97. The number of nitrogens with one attached hydrogen (secondary N) is 2. The number of nitrogens with zero attached hydrogens (tertiary/aromatic N) is 1. The van der Waals surface area contributed by atoms with Gasteiger partial charge in [-0.3, -0.25) is 14.9 Å². The molecule has 5 nitrogen and oxygen atoms in total. The number of alkyl halides is 2. The molecule has 9 heteroatoms. The van der Waals surface area contributed by atoms with E-state index in [9.17, 15) is 18.4 Å². The molecule has 2 N–H and O–H groups in total. The highest BCUT2D eigenvalue weighted by atomic mass is 35.5. The van der Waals surface area contributed by atoms with Gasteiger partial charge in [0.15, 0.2) is 0 Å². The second-order valence-corrected chi connectivity index (χ2v) is 7.57. The van der Waals surface area contributed by atoms with Crippen LogP contribution in [0.5, 0.6) is 0 Å². The van der Waals surface area contributed by atoms with Gasteiger partial charge in [0.05, 0.1) is 19.0 Å². The van der Waals surface area contributed by atoms with E-state index in [-0.39, 0.29) is 18.3 Å². The zero-order chi connectivity index (χ0) is 17.9. The van der Waals surface area contributed by atoms with Crippen LogP contribution in [0.4, 0.5) is 14.5 Å². The van der Waals surface area contributed by atoms with Crippen molar-refractivity contribution in [3.05, 3.63) is 29.8 Å². The zero-order valence-corrected chi connectivity index (χ0v) is 15.8. The SMILES string of the molecule is Cl.O=C(Nc1ccc(CC(=O)N2CCSCC2)cc1)C1CC(F)(F)CN1. The van der Waals surface area contributed by atoms with E-state index in [1.54, 1.807) is 24.3 Å². The first-order valence-corrected chi connectivity index (χ1v) is 9.45. The van der Waals surface area contributed by atoms with E-state index >= 15 is 0 Å². The van der Waals surface area contributed by atoms with Crippen LogP contribution in [0.1, 0.15) is 12.0 Å². The first-order valence-electron chi connectivity index (χ1n) is 8.29. The fourth-order valence-electron chi connectivity index (χ4n) is 2.94. The molecule has 144 valence electrons. The van der Waals surface area contributed by atoms with Crippen LogP contribution in [0.2, 0.25) is 0 Å². The third kappa shape index (κ3) is 5.56. The van der Waals surface area contributed by atoms with Gasteiger partial charge in [-0.1, -0.05) is 12.1 Å². The molecule has 2 fully saturated rings. The van der Waals surface area contributed by atoms with Gasteiger partial charge in [-0.15, -0.1) is 12.4 Å². The number of hydrogen-bond donors (Lipinski definition) is 2. The standard InChI is InChI=1S/C17H21F2N3O2S.ClH/c18-17(19)10-14(20-11-17)16(24)21-13-3-1-12(2-4-13)9-15(23)22-5-7-25-8-6-22;/h1-4,14,20H,5-11H2,(H,21,24);1H. The number of rotatable bonds is 4. The molecule has 2 aliphatic heterocycles. The summed E-state index contributed by atoms with van der Waals surface area (Å²) in [5, 5.41) is 5.16. The number of carbonyl (C=O) groups is 2. The predicted molar refractivity (Wildman–Crippen MR) is 101 cm³/mol. The Labute approximate surface area is 161 Å². The van der Waals surface area contributed by atoms with Crippen molar-refractivity contribution >= 4 is 41.7 Å². The van der Waals surface area contributed by atoms with E-state index in [1.165, 1.54) is 0 Å². The van der Waals surface area contributed by atoms with E-state index in [1.807, 2.05) is 16.7 Å². The molecular formula is C17H22ClF2N3O2S. The van der Waals surface area contributed by atoms with Crippen molar-refractivity contribution in [2.45, 2.75) is 24.8 Å². The molecule has 3 rings (SSSR count). The first kappa shape index (κ1) is 20.9. The molecule has 2 saturated heterocycles. The van der Waals surface area contributed by atoms with Gasteiger partial charge >= 0.3 is 0 Å². The average molecular weight is 406 g/mol. The van der Waals surface area contributed by atoms with Gasteiger partial charge in [-0.2, -0.15) is 11.8 Å². The van der Waals surface area contributed by atoms with Gasteiger partial charge in [-0.25, -0.2) is 8.78 Å². The molecule has 0 bridgehead atoms. The monoisotopic (exact) mass is 405 g/mol. The molecule has 1 unspecified atom stereocenters. The van der Waals surface area contributed by atoms with Crippen LogP contribution in [0.25, 0.3) is 0 Å². The van der Waals surface area contributed by atoms with E-state index < -0.39 is 30.8 Å². The number of amides is 2. The molecule has 1 atom stereocenters. The van der Waals surface area contributed by atoms with E-state index in [0.717, 1.165) is 30.2 Å². The third-order valence-electron chi connectivity index (χ3n) is 4.37. The van der Waals surface area contributed by atoms with Crippen LogP contribution in [0.3, 0.4) is 0 Å². The first-order chi connectivity index (χ1) is 11.9. The Morgan fingerprint density at radius 3 is 2.46 bits per heavy atom. The van der Waals surface area contributed by atoms with Gasteiger partial charge in [0.1, 0.15) is 0 Å². The summed E-state index contributed by atoms with van der Waals surface area (Å²) in [5.74, 6) is -1.24. The molecule has 1 aromatic carbocycles. The van der Waals surface area contributed by atoms with Crippen LogP contribution in [-0.4, -0.2) is 59.8 Å². The van der Waals surface area contributed by atoms with E-state index in [4.69, 9.17) is 0 Å². The number of thioether (sulfide) groups is 1. The molecule has 0 saturated carbocycles. The lowest BCUT2D eigenvalue weighted by Crippen LogP contribution is -2.38. The molecule has 2 aliphatic rings. The summed E-state index contributed by atoms with van der Waals surface area (Å²) >= 11 is 1.85. The molecule has 1 aromatic rings. The topological polar surface area (TPSA) is 61.4 Å². The van der Waals surface area contributed by atoms with Crippen molar-refractivity contribution in [1.82, 2.24) is 10.2 Å². The van der Waals surface area contributed by atoms with Crippen LogP contribution in [0, 0.1) is 0 Å². The molecule has 0 aliphatic carbocycles. The summed E-state index contributed by atoms with van der Waals surface area (Å²) in [7, 11) is 0. The second kappa shape index (κ2) is 9.01. The lowest BCUT2D eigenvalue weighted by molar-refractivity contribution is -0.130. The Balaban J connectivity index is 0.00000243. The van der Waals surface area contributed by atoms with Gasteiger partial charge < -0.3 is 10.2 Å². The molecule has 2 heterocycles. The zero-order valence-electron chi connectivity index (χ0n) is 14.2. The summed E-state index contributed by atoms with van der Waals surface area (Å²) in [5.41, 5.74) is 1.40. The Hall–Kier alpha value is -1.38. The fourth-order valence-corrected chi connectivity index (χ4v) is 3.84. The van der Waals surface area contributed by atoms with Crippen molar-refractivity contribution in [3.63, 3.8) is 0 Å². The quantitative estimate of drug-likeness (QED) is 0.806. The number of anilines is 1. The highest BCUT2D eigenvalue weighted by Gasteiger charge is 2.42. The number of carbonyl (C=O) groups excluding carboxylic acids is 2. The summed E-state index contributed by atoms with van der Waals surface area (Å²) in [4.78, 5) is 26.1. The smallest absolute Gasteiger partial charge is 0.262 e. The molecular weight excluding hydrogens is 384 g/mol. The van der Waals surface area contributed by atoms with Gasteiger partial charge in [-0.05, 0) is 17.7 Å². The van der Waals surface area contributed by atoms with Crippen LogP contribution < -0.4 is 10.6 Å². The summed E-state index contributed by atoms with van der Waals surface area (Å²) < 4.78 is 26.3. The number of benzene rings is 1. The Morgan fingerprint density at radius 2 is 1.88 bits per heavy atom. The van der Waals surface area contributed by atoms with Gasteiger partial charge in [0, 0.05) is 36.7 Å². The fraction of sp³-hybridized carbons (Fsp3) is 0.529. The Bertz CT molecular complexity index is 639. The maximum Gasteiger partial charge on any atom is 0.262 e. The third-order valence-corrected chi connectivity index (χ3v) is 5.31. The highest BCUT2D eigenvalue weighted by Crippen LogP contribution is 2.25. The van der Waals surface area contributed by atoms with Gasteiger partial charge in [0.2, 0.25) is 11.8 Å². The second-order valence-electron chi connectivity index (χ2n) is 6.35. The summed E-state index contributed by atoms with van der Waals surface area (Å²) in [6, 6.07) is 6.07. The van der Waals surface area contributed by atoms with Crippen LogP contribution >= 0.6 is 24.2 Å². The van der Waals surface area contributed by atoms with Crippen molar-refractivity contribution in [1.29, 1.82) is 0 Å². The lowest BCUT2D eigenvalue weighted by atomic mass is 10.1. The number of hydrogen-bond acceptors (Lipinski definition) is 4. The van der Waals surface area contributed by atoms with Crippen LogP contribution in [-0.2, 0) is 16.0 Å². The summed E-state index contributed by atoms with van der Waals surface area (Å²) in [6.07, 6.45) is -0.158. The van der Waals surface area contributed by atoms with E-state index in [0.29, 0.717) is 12.1 Å². The largest absolute Gasteiger partial charge is 0.341 e. The van der Waals surface area contributed by atoms with Crippen molar-refractivity contribution in [2.24, 2.45) is 0 Å². The minimum Gasteiger partial charge on any atom is -0.341 e. The predicted octanol–water partition coefficient (Wildman–Crippen LogP) is 2.16. The molecule has 0 radical (unpaired) electrons. The van der Waals surface area contributed by atoms with Crippen molar-refractivity contribution < 1.29 is 18.4 Å². The normalized spacial score (nSPS) is 21.8. The highest BCUT2D eigenvalue weighted by molar-refractivity contribution is 7.99. The minimum absolute atomic E-state index is 0. The maximum atomic E-state index is 13.1. The van der Waals surface area contributed by atoms with Crippen LogP contribution in [0.15, 0.2) is 24.3 Å². The Morgan fingerprint density at radius 1 is 1.23 bits per heavy atom. The lowest BCUT2D eigenvalue weighted by Gasteiger charge is -2.26. The molecule has 26 heavy (non-hydrogen) atoms. The van der Waals surface area contributed by atoms with Crippen molar-refractivity contribution in [3.8, 4) is 0 Å². The van der Waals surface area contributed by atoms with E-state index in [2.05, 4.69) is 10.6 Å². The van der Waals surface area contributed by atoms with Gasteiger partial charge in [0.25, 0.3) is 5.92 Å². The summed E-state index contributed by atoms with van der Waals surface area (Å²) in [6.45, 7) is 1.11. The van der Waals surface area contributed by atoms with Crippen molar-refractivity contribution in [2.75, 3.05) is 36.5 Å². The molecule has 0 aromatic heterocycles. The molecule has 0 spiro atoms. The minimum atomic E-state index is -2.83. The maximum absolute atomic E-state index is 13.1. The Kier molecular flexibility index (Phi) is 7.25. The molecule has 2 amide bonds.